The van der Waals surface area contributed by atoms with E-state index in [9.17, 15) is 14.0 Å². The van der Waals surface area contributed by atoms with Crippen LogP contribution in [-0.4, -0.2) is 50.3 Å². The van der Waals surface area contributed by atoms with Crippen molar-refractivity contribution in [3.05, 3.63) is 52.9 Å². The standard InChI is InChI=1S/C19H16BrFN4O5/c1-10(26)29-13-7-12(8-28-18(27)11-5-3-2-4-6-11)30-17(13)25-9-22-14-15(20)23-19(21)24-16(14)25/h2-6,9,12-13,17H,7-8H2,1H3. The number of fused-ring (bicyclic) bond motifs is 1. The van der Waals surface area contributed by atoms with E-state index in [-0.39, 0.29) is 23.3 Å². The SMILES string of the molecule is CC(=O)OC1CC(COC(=O)c2ccccc2)OC1n1cnc2c(Br)nc(F)nc21. The summed E-state index contributed by atoms with van der Waals surface area (Å²) >= 11 is 3.15. The number of imidazole rings is 1. The van der Waals surface area contributed by atoms with E-state index >= 15 is 0 Å². The normalized spacial score (nSPS) is 21.0. The van der Waals surface area contributed by atoms with Crippen molar-refractivity contribution in [2.24, 2.45) is 0 Å². The maximum absolute atomic E-state index is 13.7. The first kappa shape index (κ1) is 20.4. The smallest absolute Gasteiger partial charge is 0.338 e. The molecule has 3 atom stereocenters. The quantitative estimate of drug-likeness (QED) is 0.313. The Morgan fingerprint density at radius 1 is 1.30 bits per heavy atom. The zero-order valence-corrected chi connectivity index (χ0v) is 17.3. The molecule has 1 aliphatic rings. The Hall–Kier alpha value is -2.92. The highest BCUT2D eigenvalue weighted by Crippen LogP contribution is 2.34. The topological polar surface area (TPSA) is 105 Å². The number of halogens is 2. The predicted molar refractivity (Wildman–Crippen MR) is 104 cm³/mol. The summed E-state index contributed by atoms with van der Waals surface area (Å²) in [4.78, 5) is 35.3. The second-order valence-corrected chi connectivity index (χ2v) is 7.36. The molecule has 0 spiro atoms. The van der Waals surface area contributed by atoms with E-state index in [0.717, 1.165) is 0 Å². The van der Waals surface area contributed by atoms with Crippen LogP contribution in [0.15, 0.2) is 41.3 Å². The van der Waals surface area contributed by atoms with Crippen molar-refractivity contribution in [3.63, 3.8) is 0 Å². The van der Waals surface area contributed by atoms with E-state index in [2.05, 4.69) is 30.9 Å². The highest BCUT2D eigenvalue weighted by molar-refractivity contribution is 9.10. The third kappa shape index (κ3) is 4.17. The molecule has 3 aromatic rings. The molecule has 1 aliphatic heterocycles. The zero-order valence-electron chi connectivity index (χ0n) is 15.7. The minimum atomic E-state index is -0.938. The molecule has 0 aliphatic carbocycles. The number of hydrogen-bond donors (Lipinski definition) is 0. The van der Waals surface area contributed by atoms with Crippen LogP contribution in [0.3, 0.4) is 0 Å². The van der Waals surface area contributed by atoms with Crippen LogP contribution in [0, 0.1) is 6.08 Å². The number of aromatic nitrogens is 4. The molecule has 11 heteroatoms. The monoisotopic (exact) mass is 478 g/mol. The number of rotatable bonds is 5. The lowest BCUT2D eigenvalue weighted by molar-refractivity contribution is -0.152. The average Bonchev–Trinajstić information content (AvgIpc) is 3.30. The summed E-state index contributed by atoms with van der Waals surface area (Å²) in [5.74, 6) is -0.986. The molecule has 0 N–H and O–H groups in total. The van der Waals surface area contributed by atoms with Crippen LogP contribution in [0.4, 0.5) is 4.39 Å². The molecule has 3 heterocycles. The van der Waals surface area contributed by atoms with Crippen molar-refractivity contribution in [1.29, 1.82) is 0 Å². The second kappa shape index (κ2) is 8.44. The Labute approximate surface area is 178 Å². The van der Waals surface area contributed by atoms with E-state index in [1.165, 1.54) is 17.8 Å². The molecule has 9 nitrogen and oxygen atoms in total. The van der Waals surface area contributed by atoms with E-state index in [0.29, 0.717) is 11.1 Å². The van der Waals surface area contributed by atoms with Gasteiger partial charge in [0, 0.05) is 13.3 Å². The molecule has 0 saturated carbocycles. The fourth-order valence-electron chi connectivity index (χ4n) is 3.26. The highest BCUT2D eigenvalue weighted by atomic mass is 79.9. The summed E-state index contributed by atoms with van der Waals surface area (Å²) in [6.45, 7) is 1.24. The number of carbonyl (C=O) groups excluding carboxylic acids is 2. The third-order valence-corrected chi connectivity index (χ3v) is 5.05. The molecular formula is C19H16BrFN4O5. The number of benzene rings is 1. The average molecular weight is 479 g/mol. The van der Waals surface area contributed by atoms with Gasteiger partial charge in [-0.3, -0.25) is 9.36 Å². The van der Waals surface area contributed by atoms with Crippen LogP contribution in [0.5, 0.6) is 0 Å². The predicted octanol–water partition coefficient (Wildman–Crippen LogP) is 2.80. The number of nitrogens with zero attached hydrogens (tertiary/aromatic N) is 4. The van der Waals surface area contributed by atoms with Crippen molar-refractivity contribution in [2.45, 2.75) is 31.8 Å². The first-order valence-corrected chi connectivity index (χ1v) is 9.82. The molecule has 30 heavy (non-hydrogen) atoms. The van der Waals surface area contributed by atoms with Crippen LogP contribution < -0.4 is 0 Å². The van der Waals surface area contributed by atoms with Crippen molar-refractivity contribution >= 4 is 39.0 Å². The summed E-state index contributed by atoms with van der Waals surface area (Å²) in [7, 11) is 0. The Morgan fingerprint density at radius 3 is 2.80 bits per heavy atom. The second-order valence-electron chi connectivity index (χ2n) is 6.60. The maximum Gasteiger partial charge on any atom is 0.338 e. The molecule has 1 fully saturated rings. The lowest BCUT2D eigenvalue weighted by atomic mass is 10.2. The van der Waals surface area contributed by atoms with Gasteiger partial charge in [-0.25, -0.2) is 9.78 Å². The molecule has 0 amide bonds. The molecule has 0 bridgehead atoms. The van der Waals surface area contributed by atoms with Gasteiger partial charge < -0.3 is 14.2 Å². The molecule has 0 radical (unpaired) electrons. The van der Waals surface area contributed by atoms with Gasteiger partial charge >= 0.3 is 18.0 Å². The minimum Gasteiger partial charge on any atom is -0.459 e. The molecular weight excluding hydrogens is 463 g/mol. The Morgan fingerprint density at radius 2 is 2.07 bits per heavy atom. The fourth-order valence-corrected chi connectivity index (χ4v) is 3.68. The summed E-state index contributed by atoms with van der Waals surface area (Å²) in [6.07, 6.45) is -1.31. The van der Waals surface area contributed by atoms with E-state index in [1.807, 2.05) is 0 Å². The first-order chi connectivity index (χ1) is 14.4. The van der Waals surface area contributed by atoms with Crippen molar-refractivity contribution in [1.82, 2.24) is 19.5 Å². The van der Waals surface area contributed by atoms with Crippen LogP contribution >= 0.6 is 15.9 Å². The molecule has 1 aromatic carbocycles. The van der Waals surface area contributed by atoms with Gasteiger partial charge in [0.1, 0.15) is 22.8 Å². The fraction of sp³-hybridized carbons (Fsp3) is 0.316. The lowest BCUT2D eigenvalue weighted by Crippen LogP contribution is -2.24. The lowest BCUT2D eigenvalue weighted by Gasteiger charge is -2.19. The Kier molecular flexibility index (Phi) is 5.73. The number of hydrogen-bond acceptors (Lipinski definition) is 8. The van der Waals surface area contributed by atoms with Crippen molar-refractivity contribution in [3.8, 4) is 0 Å². The van der Waals surface area contributed by atoms with Gasteiger partial charge in [-0.1, -0.05) is 18.2 Å². The van der Waals surface area contributed by atoms with Crippen molar-refractivity contribution in [2.75, 3.05) is 6.61 Å². The zero-order chi connectivity index (χ0) is 21.3. The van der Waals surface area contributed by atoms with Gasteiger partial charge in [-0.15, -0.1) is 0 Å². The Balaban J connectivity index is 1.54. The van der Waals surface area contributed by atoms with Gasteiger partial charge in [-0.05, 0) is 28.1 Å². The van der Waals surface area contributed by atoms with Crippen LogP contribution in [0.2, 0.25) is 0 Å². The van der Waals surface area contributed by atoms with Gasteiger partial charge in [0.05, 0.1) is 18.0 Å². The molecule has 1 saturated heterocycles. The van der Waals surface area contributed by atoms with Gasteiger partial charge in [0.25, 0.3) is 0 Å². The summed E-state index contributed by atoms with van der Waals surface area (Å²) < 4.78 is 32.1. The molecule has 2 aromatic heterocycles. The van der Waals surface area contributed by atoms with Crippen LogP contribution in [0.25, 0.3) is 11.2 Å². The van der Waals surface area contributed by atoms with Gasteiger partial charge in [-0.2, -0.15) is 14.4 Å². The first-order valence-electron chi connectivity index (χ1n) is 9.03. The van der Waals surface area contributed by atoms with Crippen molar-refractivity contribution < 1.29 is 28.2 Å². The van der Waals surface area contributed by atoms with Gasteiger partial charge in [0.15, 0.2) is 11.9 Å². The number of ether oxygens (including phenoxy) is 3. The molecule has 4 rings (SSSR count). The molecule has 156 valence electrons. The van der Waals surface area contributed by atoms with Crippen LogP contribution in [0.1, 0.15) is 29.9 Å². The summed E-state index contributed by atoms with van der Waals surface area (Å²) in [5, 5.41) is 0. The number of carbonyl (C=O) groups is 2. The largest absolute Gasteiger partial charge is 0.459 e. The van der Waals surface area contributed by atoms with Crippen LogP contribution in [-0.2, 0) is 19.0 Å². The third-order valence-electron chi connectivity index (χ3n) is 4.50. The summed E-state index contributed by atoms with van der Waals surface area (Å²) in [6, 6.07) is 8.56. The number of esters is 2. The Bertz CT molecular complexity index is 1090. The van der Waals surface area contributed by atoms with E-state index in [1.54, 1.807) is 30.3 Å². The maximum atomic E-state index is 13.7. The minimum absolute atomic E-state index is 0.0400. The molecule has 3 unspecified atom stereocenters. The van der Waals surface area contributed by atoms with Gasteiger partial charge in [0.2, 0.25) is 0 Å². The van der Waals surface area contributed by atoms with E-state index < -0.39 is 36.5 Å². The summed E-state index contributed by atoms with van der Waals surface area (Å²) in [5.41, 5.74) is 0.931. The van der Waals surface area contributed by atoms with E-state index in [4.69, 9.17) is 14.2 Å². The highest BCUT2D eigenvalue weighted by Gasteiger charge is 2.40.